The maximum Gasteiger partial charge on any atom is 0.0774 e. The van der Waals surface area contributed by atoms with Crippen molar-refractivity contribution in [2.75, 3.05) is 13.7 Å². The molecule has 1 heterocycles. The third kappa shape index (κ3) is 3.69. The average Bonchev–Trinajstić information content (AvgIpc) is 2.36. The number of hydrogen-bond donors (Lipinski definition) is 2. The molecule has 1 aromatic carbocycles. The fraction of sp³-hybridized carbons (Fsp3) is 0.529. The van der Waals surface area contributed by atoms with E-state index in [0.29, 0.717) is 18.7 Å². The van der Waals surface area contributed by atoms with Crippen LogP contribution in [0.4, 0.5) is 0 Å². The van der Waals surface area contributed by atoms with E-state index in [2.05, 4.69) is 30.4 Å². The quantitative estimate of drug-likeness (QED) is 0.887. The first-order valence-corrected chi connectivity index (χ1v) is 7.19. The van der Waals surface area contributed by atoms with E-state index in [0.717, 1.165) is 6.42 Å². The second-order valence-corrected chi connectivity index (χ2v) is 6.15. The van der Waals surface area contributed by atoms with Crippen LogP contribution in [0.1, 0.15) is 43.5 Å². The average molecular weight is 275 g/mol. The Bertz CT molecular complexity index is 488. The van der Waals surface area contributed by atoms with E-state index in [4.69, 9.17) is 4.74 Å². The molecule has 0 aliphatic carbocycles. The highest BCUT2D eigenvalue weighted by Crippen LogP contribution is 2.29. The summed E-state index contributed by atoms with van der Waals surface area (Å²) in [4.78, 5) is 0. The van der Waals surface area contributed by atoms with Gasteiger partial charge in [0, 0.05) is 19.2 Å². The van der Waals surface area contributed by atoms with Crippen LogP contribution in [0.2, 0.25) is 0 Å². The molecule has 0 fully saturated rings. The highest BCUT2D eigenvalue weighted by Gasteiger charge is 2.24. The van der Waals surface area contributed by atoms with Crippen LogP contribution in [0.25, 0.3) is 6.08 Å². The van der Waals surface area contributed by atoms with Crippen molar-refractivity contribution in [1.82, 2.24) is 5.32 Å². The normalized spacial score (nSPS) is 23.1. The van der Waals surface area contributed by atoms with Crippen molar-refractivity contribution in [2.45, 2.75) is 44.9 Å². The Balaban J connectivity index is 2.33. The van der Waals surface area contributed by atoms with E-state index < -0.39 is 5.60 Å². The van der Waals surface area contributed by atoms with Crippen molar-refractivity contribution < 1.29 is 9.84 Å². The zero-order valence-electron chi connectivity index (χ0n) is 12.8. The van der Waals surface area contributed by atoms with E-state index >= 15 is 0 Å². The predicted octanol–water partition coefficient (Wildman–Crippen LogP) is 2.69. The molecule has 2 rings (SSSR count). The third-order valence-corrected chi connectivity index (χ3v) is 3.69. The zero-order chi connectivity index (χ0) is 14.8. The minimum absolute atomic E-state index is 0.328. The summed E-state index contributed by atoms with van der Waals surface area (Å²) < 4.78 is 5.28. The first-order valence-electron chi connectivity index (χ1n) is 7.19. The summed E-state index contributed by atoms with van der Waals surface area (Å²) in [6, 6.07) is 7.05. The maximum atomic E-state index is 9.85. The highest BCUT2D eigenvalue weighted by molar-refractivity contribution is 5.58. The van der Waals surface area contributed by atoms with Gasteiger partial charge >= 0.3 is 0 Å². The summed E-state index contributed by atoms with van der Waals surface area (Å²) in [6.07, 6.45) is 4.83. The zero-order valence-corrected chi connectivity index (χ0v) is 12.8. The van der Waals surface area contributed by atoms with Crippen LogP contribution in [-0.2, 0) is 11.2 Å². The molecule has 0 aromatic heterocycles. The van der Waals surface area contributed by atoms with Crippen LogP contribution in [0.3, 0.4) is 0 Å². The molecule has 2 N–H and O–H groups in total. The molecule has 0 saturated carbocycles. The number of benzene rings is 1. The van der Waals surface area contributed by atoms with Crippen molar-refractivity contribution in [3.8, 4) is 0 Å². The van der Waals surface area contributed by atoms with Gasteiger partial charge in [-0.2, -0.15) is 0 Å². The van der Waals surface area contributed by atoms with Crippen molar-refractivity contribution in [3.05, 3.63) is 41.0 Å². The van der Waals surface area contributed by atoms with Gasteiger partial charge in [-0.25, -0.2) is 0 Å². The van der Waals surface area contributed by atoms with Gasteiger partial charge in [0.05, 0.1) is 12.2 Å². The summed E-state index contributed by atoms with van der Waals surface area (Å²) in [5.74, 6) is 0. The summed E-state index contributed by atoms with van der Waals surface area (Å²) >= 11 is 0. The Morgan fingerprint density at radius 3 is 2.85 bits per heavy atom. The standard InChI is InChI=1S/C17H25NO2/c1-12-15-7-5-6-13(8-9-17(2,3)19)16(15)10-14(18-12)11-20-4/h5-9,12,14,18-19H,10-11H2,1-4H3/b9-8+/t12-,14+/m0/s1. The summed E-state index contributed by atoms with van der Waals surface area (Å²) in [5, 5.41) is 13.4. The molecule has 1 aliphatic rings. The van der Waals surface area contributed by atoms with Crippen LogP contribution in [-0.4, -0.2) is 30.5 Å². The lowest BCUT2D eigenvalue weighted by Gasteiger charge is -2.32. The largest absolute Gasteiger partial charge is 0.386 e. The minimum Gasteiger partial charge on any atom is -0.386 e. The first-order chi connectivity index (χ1) is 9.40. The number of hydrogen-bond acceptors (Lipinski definition) is 3. The smallest absolute Gasteiger partial charge is 0.0774 e. The van der Waals surface area contributed by atoms with E-state index in [1.165, 1.54) is 16.7 Å². The van der Waals surface area contributed by atoms with Crippen LogP contribution in [0.5, 0.6) is 0 Å². The van der Waals surface area contributed by atoms with Crippen LogP contribution in [0, 0.1) is 0 Å². The molecule has 1 aliphatic heterocycles. The molecular formula is C17H25NO2. The minimum atomic E-state index is -0.785. The molecule has 0 unspecified atom stereocenters. The lowest BCUT2D eigenvalue weighted by molar-refractivity contribution is 0.134. The number of methoxy groups -OCH3 is 1. The molecule has 1 aromatic rings. The molecule has 110 valence electrons. The van der Waals surface area contributed by atoms with Gasteiger partial charge in [0.1, 0.15) is 0 Å². The number of ether oxygens (including phenoxy) is 1. The Morgan fingerprint density at radius 2 is 2.20 bits per heavy atom. The molecule has 0 saturated heterocycles. The number of fused-ring (bicyclic) bond motifs is 1. The van der Waals surface area contributed by atoms with Gasteiger partial charge in [0.25, 0.3) is 0 Å². The van der Waals surface area contributed by atoms with Crippen molar-refractivity contribution >= 4 is 6.08 Å². The second-order valence-electron chi connectivity index (χ2n) is 6.15. The molecule has 20 heavy (non-hydrogen) atoms. The number of rotatable bonds is 4. The Morgan fingerprint density at radius 1 is 1.45 bits per heavy atom. The van der Waals surface area contributed by atoms with E-state index in [1.54, 1.807) is 21.0 Å². The van der Waals surface area contributed by atoms with Crippen molar-refractivity contribution in [1.29, 1.82) is 0 Å². The fourth-order valence-electron chi connectivity index (χ4n) is 2.77. The molecule has 2 atom stereocenters. The Kier molecular flexibility index (Phi) is 4.63. The lowest BCUT2D eigenvalue weighted by atomic mass is 9.87. The van der Waals surface area contributed by atoms with Gasteiger partial charge in [0.15, 0.2) is 0 Å². The molecule has 3 heteroatoms. The highest BCUT2D eigenvalue weighted by atomic mass is 16.5. The number of nitrogens with one attached hydrogen (secondary N) is 1. The molecule has 3 nitrogen and oxygen atoms in total. The van der Waals surface area contributed by atoms with Crippen LogP contribution in [0.15, 0.2) is 24.3 Å². The van der Waals surface area contributed by atoms with Crippen molar-refractivity contribution in [2.24, 2.45) is 0 Å². The lowest BCUT2D eigenvalue weighted by Crippen LogP contribution is -2.41. The van der Waals surface area contributed by atoms with Gasteiger partial charge in [-0.15, -0.1) is 0 Å². The first kappa shape index (κ1) is 15.2. The second kappa shape index (κ2) is 6.08. The van der Waals surface area contributed by atoms with Crippen molar-refractivity contribution in [3.63, 3.8) is 0 Å². The van der Waals surface area contributed by atoms with Gasteiger partial charge in [0.2, 0.25) is 0 Å². The van der Waals surface area contributed by atoms with Crippen LogP contribution >= 0.6 is 0 Å². The maximum absolute atomic E-state index is 9.85. The van der Waals surface area contributed by atoms with E-state index in [9.17, 15) is 5.11 Å². The van der Waals surface area contributed by atoms with Gasteiger partial charge in [-0.1, -0.05) is 30.4 Å². The van der Waals surface area contributed by atoms with E-state index in [1.807, 2.05) is 12.2 Å². The summed E-state index contributed by atoms with van der Waals surface area (Å²) in [7, 11) is 1.74. The molecule has 0 spiro atoms. The van der Waals surface area contributed by atoms with Gasteiger partial charge in [-0.05, 0) is 43.9 Å². The third-order valence-electron chi connectivity index (χ3n) is 3.69. The topological polar surface area (TPSA) is 41.5 Å². The molecule has 0 radical (unpaired) electrons. The number of aliphatic hydroxyl groups is 1. The Labute approximate surface area is 121 Å². The van der Waals surface area contributed by atoms with Gasteiger partial charge in [-0.3, -0.25) is 0 Å². The summed E-state index contributed by atoms with van der Waals surface area (Å²) in [6.45, 7) is 6.48. The fourth-order valence-corrected chi connectivity index (χ4v) is 2.77. The van der Waals surface area contributed by atoms with Crippen LogP contribution < -0.4 is 5.32 Å². The SMILES string of the molecule is COC[C@H]1Cc2c(/C=C/C(C)(C)O)cccc2[C@H](C)N1. The Hall–Kier alpha value is -1.16. The predicted molar refractivity (Wildman–Crippen MR) is 82.7 cm³/mol. The summed E-state index contributed by atoms with van der Waals surface area (Å²) in [5.41, 5.74) is 3.11. The molecule has 0 bridgehead atoms. The van der Waals surface area contributed by atoms with E-state index in [-0.39, 0.29) is 0 Å². The monoisotopic (exact) mass is 275 g/mol. The molecule has 0 amide bonds. The molecular weight excluding hydrogens is 250 g/mol. The van der Waals surface area contributed by atoms with Gasteiger partial charge < -0.3 is 15.2 Å².